The van der Waals surface area contributed by atoms with Gasteiger partial charge in [0.25, 0.3) is 5.91 Å². The van der Waals surface area contributed by atoms with Crippen LogP contribution in [0.15, 0.2) is 79.4 Å². The van der Waals surface area contributed by atoms with Crippen molar-refractivity contribution in [2.24, 2.45) is 0 Å². The second-order valence-electron chi connectivity index (χ2n) is 7.96. The van der Waals surface area contributed by atoms with E-state index in [0.29, 0.717) is 6.54 Å². The summed E-state index contributed by atoms with van der Waals surface area (Å²) < 4.78 is 4.17. The topological polar surface area (TPSA) is 51.9 Å². The number of para-hydroxylation sites is 1. The Morgan fingerprint density at radius 1 is 0.968 bits per heavy atom. The number of carbonyl (C=O) groups excluding carboxylic acids is 1. The predicted octanol–water partition coefficient (Wildman–Crippen LogP) is 4.64. The molecule has 5 heteroatoms. The molecule has 2 aromatic heterocycles. The number of benzene rings is 2. The molecule has 0 bridgehead atoms. The van der Waals surface area contributed by atoms with Crippen LogP contribution in [0.4, 0.5) is 0 Å². The van der Waals surface area contributed by atoms with E-state index >= 15 is 0 Å². The Hall–Kier alpha value is -3.60. The van der Waals surface area contributed by atoms with Gasteiger partial charge in [-0.2, -0.15) is 0 Å². The largest absolute Gasteiger partial charge is 0.347 e. The Morgan fingerprint density at radius 3 is 2.29 bits per heavy atom. The van der Waals surface area contributed by atoms with Crippen LogP contribution >= 0.6 is 0 Å². The average molecular weight is 413 g/mol. The van der Waals surface area contributed by atoms with E-state index in [1.54, 1.807) is 12.5 Å². The molecule has 0 unspecified atom stereocenters. The van der Waals surface area contributed by atoms with Crippen molar-refractivity contribution in [1.29, 1.82) is 0 Å². The molecule has 0 radical (unpaired) electrons. The lowest BCUT2D eigenvalue weighted by Crippen LogP contribution is -2.39. The summed E-state index contributed by atoms with van der Waals surface area (Å²) in [6.07, 6.45) is 6.23. The van der Waals surface area contributed by atoms with E-state index in [2.05, 4.69) is 46.1 Å². The van der Waals surface area contributed by atoms with Crippen LogP contribution in [0, 0.1) is 20.8 Å². The van der Waals surface area contributed by atoms with Crippen LogP contribution in [0.5, 0.6) is 0 Å². The maximum absolute atomic E-state index is 13.5. The molecule has 0 aliphatic rings. The molecule has 31 heavy (non-hydrogen) atoms. The lowest BCUT2D eigenvalue weighted by Gasteiger charge is -2.20. The number of aromatic nitrogens is 3. The number of nitrogens with zero attached hydrogens (tertiary/aromatic N) is 3. The minimum Gasteiger partial charge on any atom is -0.347 e. The second-order valence-corrected chi connectivity index (χ2v) is 7.96. The minimum atomic E-state index is -0.0525. The Kier molecular flexibility index (Phi) is 6.03. The quantitative estimate of drug-likeness (QED) is 0.481. The summed E-state index contributed by atoms with van der Waals surface area (Å²) in [5, 5.41) is 3.29. The molecule has 0 aliphatic heterocycles. The summed E-state index contributed by atoms with van der Waals surface area (Å²) in [6, 6.07) is 20.4. The first-order valence-electron chi connectivity index (χ1n) is 10.6. The van der Waals surface area contributed by atoms with Crippen molar-refractivity contribution >= 4 is 5.91 Å². The van der Waals surface area contributed by atoms with Crippen LogP contribution < -0.4 is 5.32 Å². The van der Waals surface area contributed by atoms with Gasteiger partial charge in [-0.25, -0.2) is 4.98 Å². The highest BCUT2D eigenvalue weighted by Gasteiger charge is 2.23. The standard InChI is InChI=1S/C26H28N4O/c1-19-20(2)30(24-12-8-5-9-13-24)21(3)25(19)26(31)28-23(17-29-15-14-27-18-29)16-22-10-6-4-7-11-22/h4-15,18,23H,16-17H2,1-3H3,(H,28,31)/t23-/m0/s1. The Balaban J connectivity index is 1.62. The lowest BCUT2D eigenvalue weighted by molar-refractivity contribution is 0.0931. The Morgan fingerprint density at radius 2 is 1.65 bits per heavy atom. The third-order valence-corrected chi connectivity index (χ3v) is 5.84. The van der Waals surface area contributed by atoms with Crippen LogP contribution in [0.25, 0.3) is 5.69 Å². The van der Waals surface area contributed by atoms with Crippen LogP contribution in [0.2, 0.25) is 0 Å². The SMILES string of the molecule is Cc1c(C(=O)N[C@@H](Cc2ccccc2)Cn2ccnc2)c(C)n(-c2ccccc2)c1C. The first-order valence-corrected chi connectivity index (χ1v) is 10.6. The third-order valence-electron chi connectivity index (χ3n) is 5.84. The van der Waals surface area contributed by atoms with E-state index in [1.807, 2.05) is 61.0 Å². The molecular formula is C26H28N4O. The zero-order valence-electron chi connectivity index (χ0n) is 18.2. The third kappa shape index (κ3) is 4.45. The number of carbonyl (C=O) groups is 1. The van der Waals surface area contributed by atoms with Gasteiger partial charge in [0.2, 0.25) is 0 Å². The first kappa shape index (κ1) is 20.7. The summed E-state index contributed by atoms with van der Waals surface area (Å²) in [5.74, 6) is -0.0335. The summed E-state index contributed by atoms with van der Waals surface area (Å²) >= 11 is 0. The van der Waals surface area contributed by atoms with Gasteiger partial charge in [0.1, 0.15) is 0 Å². The number of imidazole rings is 1. The van der Waals surface area contributed by atoms with Gasteiger partial charge in [-0.05, 0) is 50.5 Å². The predicted molar refractivity (Wildman–Crippen MR) is 124 cm³/mol. The van der Waals surface area contributed by atoms with Crippen molar-refractivity contribution in [2.45, 2.75) is 39.8 Å². The van der Waals surface area contributed by atoms with Crippen LogP contribution in [-0.4, -0.2) is 26.1 Å². The Labute approximate surface area is 183 Å². The summed E-state index contributed by atoms with van der Waals surface area (Å²) in [7, 11) is 0. The number of hydrogen-bond donors (Lipinski definition) is 1. The van der Waals surface area contributed by atoms with Crippen molar-refractivity contribution in [3.63, 3.8) is 0 Å². The van der Waals surface area contributed by atoms with Crippen LogP contribution in [0.1, 0.15) is 32.9 Å². The molecule has 0 saturated carbocycles. The van der Waals surface area contributed by atoms with Crippen molar-refractivity contribution in [2.75, 3.05) is 0 Å². The minimum absolute atomic E-state index is 0.0335. The highest BCUT2D eigenvalue weighted by atomic mass is 16.1. The lowest BCUT2D eigenvalue weighted by atomic mass is 10.0. The number of hydrogen-bond acceptors (Lipinski definition) is 2. The van der Waals surface area contributed by atoms with Gasteiger partial charge in [0, 0.05) is 36.0 Å². The average Bonchev–Trinajstić information content (AvgIpc) is 3.35. The van der Waals surface area contributed by atoms with Crippen molar-refractivity contribution in [3.05, 3.63) is 107 Å². The van der Waals surface area contributed by atoms with Gasteiger partial charge in [-0.3, -0.25) is 4.79 Å². The molecule has 0 saturated heterocycles. The molecule has 4 rings (SSSR count). The molecule has 158 valence electrons. The van der Waals surface area contributed by atoms with Gasteiger partial charge >= 0.3 is 0 Å². The molecule has 2 aromatic carbocycles. The van der Waals surface area contributed by atoms with E-state index in [4.69, 9.17) is 0 Å². The molecule has 0 fully saturated rings. The summed E-state index contributed by atoms with van der Waals surface area (Å²) in [4.78, 5) is 17.6. The molecule has 4 aromatic rings. The number of nitrogens with one attached hydrogen (secondary N) is 1. The van der Waals surface area contributed by atoms with E-state index in [0.717, 1.165) is 34.6 Å². The second kappa shape index (κ2) is 9.04. The van der Waals surface area contributed by atoms with Gasteiger partial charge in [-0.15, -0.1) is 0 Å². The molecular weight excluding hydrogens is 384 g/mol. The highest BCUT2D eigenvalue weighted by Crippen LogP contribution is 2.25. The molecule has 0 aliphatic carbocycles. The molecule has 1 atom stereocenters. The fourth-order valence-corrected chi connectivity index (χ4v) is 4.25. The van der Waals surface area contributed by atoms with E-state index in [1.165, 1.54) is 5.56 Å². The maximum Gasteiger partial charge on any atom is 0.253 e. The van der Waals surface area contributed by atoms with Gasteiger partial charge in [0.15, 0.2) is 0 Å². The van der Waals surface area contributed by atoms with Gasteiger partial charge < -0.3 is 14.5 Å². The summed E-state index contributed by atoms with van der Waals surface area (Å²) in [5.41, 5.74) is 6.08. The van der Waals surface area contributed by atoms with Crippen LogP contribution in [0.3, 0.4) is 0 Å². The van der Waals surface area contributed by atoms with E-state index in [-0.39, 0.29) is 11.9 Å². The molecule has 1 amide bonds. The number of rotatable bonds is 7. The molecule has 2 heterocycles. The van der Waals surface area contributed by atoms with E-state index in [9.17, 15) is 4.79 Å². The van der Waals surface area contributed by atoms with Crippen molar-refractivity contribution in [1.82, 2.24) is 19.4 Å². The fourth-order valence-electron chi connectivity index (χ4n) is 4.25. The van der Waals surface area contributed by atoms with Crippen LogP contribution in [-0.2, 0) is 13.0 Å². The van der Waals surface area contributed by atoms with Crippen molar-refractivity contribution < 1.29 is 4.79 Å². The van der Waals surface area contributed by atoms with Crippen molar-refractivity contribution in [3.8, 4) is 5.69 Å². The monoisotopic (exact) mass is 412 g/mol. The summed E-state index contributed by atoms with van der Waals surface area (Å²) in [6.45, 7) is 6.78. The first-order chi connectivity index (χ1) is 15.0. The fraction of sp³-hybridized carbons (Fsp3) is 0.231. The van der Waals surface area contributed by atoms with Gasteiger partial charge in [-0.1, -0.05) is 48.5 Å². The maximum atomic E-state index is 13.5. The molecule has 1 N–H and O–H groups in total. The smallest absolute Gasteiger partial charge is 0.253 e. The zero-order chi connectivity index (χ0) is 21.8. The zero-order valence-corrected chi connectivity index (χ0v) is 18.2. The number of amides is 1. The van der Waals surface area contributed by atoms with Gasteiger partial charge in [0.05, 0.1) is 17.9 Å². The molecule has 0 spiro atoms. The normalized spacial score (nSPS) is 12.0. The Bertz CT molecular complexity index is 1150. The van der Waals surface area contributed by atoms with E-state index < -0.39 is 0 Å². The molecule has 5 nitrogen and oxygen atoms in total. The highest BCUT2D eigenvalue weighted by molar-refractivity contribution is 5.97.